The quantitative estimate of drug-likeness (QED) is 0.921. The van der Waals surface area contributed by atoms with Crippen LogP contribution in [0.15, 0.2) is 24.3 Å². The van der Waals surface area contributed by atoms with Crippen LogP contribution in [0.2, 0.25) is 0 Å². The van der Waals surface area contributed by atoms with Crippen LogP contribution < -0.4 is 5.73 Å². The molecule has 20 heavy (non-hydrogen) atoms. The Kier molecular flexibility index (Phi) is 4.18. The first-order chi connectivity index (χ1) is 9.74. The van der Waals surface area contributed by atoms with Gasteiger partial charge in [-0.1, -0.05) is 24.3 Å². The number of hydrogen-bond acceptors (Lipinski definition) is 3. The highest BCUT2D eigenvalue weighted by atomic mass is 16.5. The number of Topliss-reactive ketones (excluding diaryl/α,β-unsaturated/α-hetero) is 1. The molecule has 0 radical (unpaired) electrons. The average Bonchev–Trinajstić information content (AvgIpc) is 2.48. The van der Waals surface area contributed by atoms with E-state index in [2.05, 4.69) is 18.2 Å². The molecular weight excluding hydrogens is 250 g/mol. The predicted molar refractivity (Wildman–Crippen MR) is 78.4 cm³/mol. The van der Waals surface area contributed by atoms with Gasteiger partial charge in [-0.3, -0.25) is 4.79 Å². The van der Waals surface area contributed by atoms with E-state index in [1.807, 2.05) is 6.07 Å². The molecule has 3 heteroatoms. The Morgan fingerprint density at radius 1 is 1.20 bits per heavy atom. The zero-order chi connectivity index (χ0) is 13.9. The molecule has 108 valence electrons. The SMILES string of the molecule is NC1CCC(C(=O)CC2OCCc3ccccc32)CC1. The molecule has 1 aliphatic heterocycles. The smallest absolute Gasteiger partial charge is 0.138 e. The molecule has 1 aromatic rings. The molecule has 1 atom stereocenters. The summed E-state index contributed by atoms with van der Waals surface area (Å²) in [6.07, 6.45) is 5.32. The Balaban J connectivity index is 1.65. The third-order valence-electron chi connectivity index (χ3n) is 4.71. The summed E-state index contributed by atoms with van der Waals surface area (Å²) in [5.41, 5.74) is 8.45. The molecule has 1 aromatic carbocycles. The van der Waals surface area contributed by atoms with E-state index >= 15 is 0 Å². The number of carbonyl (C=O) groups is 1. The Morgan fingerprint density at radius 2 is 1.95 bits per heavy atom. The summed E-state index contributed by atoms with van der Waals surface area (Å²) in [7, 11) is 0. The molecule has 2 aliphatic rings. The summed E-state index contributed by atoms with van der Waals surface area (Å²) in [4.78, 5) is 12.5. The number of carbonyl (C=O) groups excluding carboxylic acids is 1. The summed E-state index contributed by atoms with van der Waals surface area (Å²) < 4.78 is 5.84. The van der Waals surface area contributed by atoms with E-state index in [1.165, 1.54) is 11.1 Å². The van der Waals surface area contributed by atoms with Crippen LogP contribution in [0, 0.1) is 5.92 Å². The van der Waals surface area contributed by atoms with Gasteiger partial charge in [-0.05, 0) is 43.2 Å². The Hall–Kier alpha value is -1.19. The van der Waals surface area contributed by atoms with Crippen molar-refractivity contribution in [3.63, 3.8) is 0 Å². The van der Waals surface area contributed by atoms with Crippen LogP contribution in [-0.4, -0.2) is 18.4 Å². The zero-order valence-electron chi connectivity index (χ0n) is 11.9. The van der Waals surface area contributed by atoms with Crippen molar-refractivity contribution in [1.29, 1.82) is 0 Å². The maximum absolute atomic E-state index is 12.5. The summed E-state index contributed by atoms with van der Waals surface area (Å²) in [5.74, 6) is 0.561. The van der Waals surface area contributed by atoms with Gasteiger partial charge in [0.25, 0.3) is 0 Å². The molecule has 0 saturated heterocycles. The lowest BCUT2D eigenvalue weighted by molar-refractivity contribution is -0.127. The van der Waals surface area contributed by atoms with Crippen molar-refractivity contribution >= 4 is 5.78 Å². The van der Waals surface area contributed by atoms with Gasteiger partial charge in [-0.25, -0.2) is 0 Å². The Bertz CT molecular complexity index is 478. The molecule has 1 saturated carbocycles. The van der Waals surface area contributed by atoms with Crippen LogP contribution >= 0.6 is 0 Å². The van der Waals surface area contributed by atoms with Crippen molar-refractivity contribution < 1.29 is 9.53 Å². The maximum Gasteiger partial charge on any atom is 0.138 e. The van der Waals surface area contributed by atoms with Crippen molar-refractivity contribution in [2.24, 2.45) is 11.7 Å². The highest BCUT2D eigenvalue weighted by Crippen LogP contribution is 2.33. The van der Waals surface area contributed by atoms with Crippen molar-refractivity contribution in [3.05, 3.63) is 35.4 Å². The van der Waals surface area contributed by atoms with Crippen LogP contribution in [0.25, 0.3) is 0 Å². The van der Waals surface area contributed by atoms with E-state index in [0.29, 0.717) is 18.2 Å². The molecule has 0 amide bonds. The average molecular weight is 273 g/mol. The molecule has 2 N–H and O–H groups in total. The number of nitrogens with two attached hydrogens (primary N) is 1. The fraction of sp³-hybridized carbons (Fsp3) is 0.588. The van der Waals surface area contributed by atoms with Gasteiger partial charge in [0.15, 0.2) is 0 Å². The largest absolute Gasteiger partial charge is 0.373 e. The lowest BCUT2D eigenvalue weighted by atomic mass is 9.81. The summed E-state index contributed by atoms with van der Waals surface area (Å²) >= 11 is 0. The molecule has 0 bridgehead atoms. The lowest BCUT2D eigenvalue weighted by Gasteiger charge is -2.29. The van der Waals surface area contributed by atoms with E-state index in [-0.39, 0.29) is 12.0 Å². The fourth-order valence-electron chi connectivity index (χ4n) is 3.44. The van der Waals surface area contributed by atoms with E-state index in [1.54, 1.807) is 0 Å². The molecule has 3 nitrogen and oxygen atoms in total. The Morgan fingerprint density at radius 3 is 2.75 bits per heavy atom. The van der Waals surface area contributed by atoms with E-state index in [4.69, 9.17) is 10.5 Å². The number of ketones is 1. The molecule has 1 heterocycles. The van der Waals surface area contributed by atoms with Gasteiger partial charge in [0.05, 0.1) is 12.7 Å². The number of fused-ring (bicyclic) bond motifs is 1. The first kappa shape index (κ1) is 13.8. The van der Waals surface area contributed by atoms with Crippen LogP contribution in [-0.2, 0) is 16.0 Å². The van der Waals surface area contributed by atoms with Gasteiger partial charge in [-0.2, -0.15) is 0 Å². The number of ether oxygens (including phenoxy) is 1. The lowest BCUT2D eigenvalue weighted by Crippen LogP contribution is -2.31. The monoisotopic (exact) mass is 273 g/mol. The topological polar surface area (TPSA) is 52.3 Å². The normalized spacial score (nSPS) is 29.8. The van der Waals surface area contributed by atoms with Gasteiger partial charge in [0.2, 0.25) is 0 Å². The minimum Gasteiger partial charge on any atom is -0.373 e. The highest BCUT2D eigenvalue weighted by Gasteiger charge is 2.29. The zero-order valence-corrected chi connectivity index (χ0v) is 11.9. The van der Waals surface area contributed by atoms with Gasteiger partial charge < -0.3 is 10.5 Å². The fourth-order valence-corrected chi connectivity index (χ4v) is 3.44. The number of rotatable bonds is 3. The van der Waals surface area contributed by atoms with Gasteiger partial charge in [0.1, 0.15) is 5.78 Å². The first-order valence-electron chi connectivity index (χ1n) is 7.71. The predicted octanol–water partition coefficient (Wildman–Crippen LogP) is 2.78. The second-order valence-corrected chi connectivity index (χ2v) is 6.09. The second kappa shape index (κ2) is 6.06. The van der Waals surface area contributed by atoms with Crippen LogP contribution in [0.4, 0.5) is 0 Å². The van der Waals surface area contributed by atoms with Crippen LogP contribution in [0.1, 0.15) is 49.3 Å². The van der Waals surface area contributed by atoms with Crippen molar-refractivity contribution in [2.45, 2.75) is 50.7 Å². The second-order valence-electron chi connectivity index (χ2n) is 6.09. The van der Waals surface area contributed by atoms with Crippen LogP contribution in [0.3, 0.4) is 0 Å². The first-order valence-corrected chi connectivity index (χ1v) is 7.71. The van der Waals surface area contributed by atoms with Crippen molar-refractivity contribution in [1.82, 2.24) is 0 Å². The Labute approximate surface area is 120 Å². The van der Waals surface area contributed by atoms with E-state index in [0.717, 1.165) is 38.7 Å². The molecule has 3 rings (SSSR count). The molecule has 0 spiro atoms. The molecule has 1 aliphatic carbocycles. The van der Waals surface area contributed by atoms with Crippen molar-refractivity contribution in [3.8, 4) is 0 Å². The van der Waals surface area contributed by atoms with Gasteiger partial charge >= 0.3 is 0 Å². The molecule has 1 fully saturated rings. The van der Waals surface area contributed by atoms with E-state index in [9.17, 15) is 4.79 Å². The van der Waals surface area contributed by atoms with Crippen LogP contribution in [0.5, 0.6) is 0 Å². The highest BCUT2D eigenvalue weighted by molar-refractivity contribution is 5.81. The number of benzene rings is 1. The third-order valence-corrected chi connectivity index (χ3v) is 4.71. The van der Waals surface area contributed by atoms with Gasteiger partial charge in [-0.15, -0.1) is 0 Å². The molecular formula is C17H23NO2. The summed E-state index contributed by atoms with van der Waals surface area (Å²) in [5, 5.41) is 0. The third kappa shape index (κ3) is 2.94. The summed E-state index contributed by atoms with van der Waals surface area (Å²) in [6, 6.07) is 8.64. The minimum atomic E-state index is -0.0388. The number of hydrogen-bond donors (Lipinski definition) is 1. The van der Waals surface area contributed by atoms with E-state index < -0.39 is 0 Å². The maximum atomic E-state index is 12.5. The summed E-state index contributed by atoms with van der Waals surface area (Å²) in [6.45, 7) is 0.727. The van der Waals surface area contributed by atoms with Crippen molar-refractivity contribution in [2.75, 3.05) is 6.61 Å². The molecule has 1 unspecified atom stereocenters. The standard InChI is InChI=1S/C17H23NO2/c18-14-7-5-13(6-8-14)16(19)11-17-15-4-2-1-3-12(15)9-10-20-17/h1-4,13-14,17H,5-11,18H2. The molecule has 0 aromatic heterocycles. The van der Waals surface area contributed by atoms with Gasteiger partial charge in [0, 0.05) is 18.4 Å². The minimum absolute atomic E-state index is 0.0388.